The monoisotopic (exact) mass is 206 g/mol. The van der Waals surface area contributed by atoms with E-state index in [1.165, 1.54) is 0 Å². The van der Waals surface area contributed by atoms with Crippen LogP contribution in [0, 0.1) is 4.91 Å². The van der Waals surface area contributed by atoms with Crippen molar-refractivity contribution >= 4 is 0 Å². The Kier molecular flexibility index (Phi) is 7.04. The van der Waals surface area contributed by atoms with Crippen LogP contribution >= 0.6 is 0 Å². The largest absolute Gasteiger partial charge is 0.477 e. The van der Waals surface area contributed by atoms with Gasteiger partial charge in [-0.25, -0.2) is 0 Å². The molecule has 0 amide bonds. The average molecular weight is 206 g/mol. The molecule has 14 heavy (non-hydrogen) atoms. The Hall–Kier alpha value is -0.880. The van der Waals surface area contributed by atoms with Gasteiger partial charge in [-0.3, -0.25) is 0 Å². The lowest BCUT2D eigenvalue weighted by atomic mass is 10.3. The second kappa shape index (κ2) is 7.52. The smallest absolute Gasteiger partial charge is 0.325 e. The molecule has 0 bridgehead atoms. The van der Waals surface area contributed by atoms with Crippen LogP contribution < -0.4 is 11.5 Å². The standard InChI is InChI=1S/C8H20N3O3/c1-3-7(9)5-13-11(12)14-6-8(10)4-2/h7-8H,3-6,9-10H2,1-2H3/q+1. The Morgan fingerprint density at radius 2 is 1.43 bits per heavy atom. The summed E-state index contributed by atoms with van der Waals surface area (Å²) in [5.41, 5.74) is 11.1. The molecular formula is C8H20N3O3+. The number of hydrogen-bond acceptors (Lipinski definition) is 5. The van der Waals surface area contributed by atoms with Gasteiger partial charge in [0, 0.05) is 12.1 Å². The summed E-state index contributed by atoms with van der Waals surface area (Å²) in [4.78, 5) is 20.2. The lowest BCUT2D eigenvalue weighted by Gasteiger charge is -2.04. The van der Waals surface area contributed by atoms with Gasteiger partial charge in [0.25, 0.3) is 0 Å². The molecule has 6 nitrogen and oxygen atoms in total. The topological polar surface area (TPSA) is 90.6 Å². The van der Waals surface area contributed by atoms with E-state index in [4.69, 9.17) is 11.5 Å². The number of nitrogens with zero attached hydrogens (tertiary/aromatic N) is 1. The summed E-state index contributed by atoms with van der Waals surface area (Å²) >= 11 is 0. The molecule has 0 aliphatic rings. The Morgan fingerprint density at radius 3 is 1.71 bits per heavy atom. The summed E-state index contributed by atoms with van der Waals surface area (Å²) in [5.74, 6) is 0. The minimum Gasteiger partial charge on any atom is -0.325 e. The zero-order valence-corrected chi connectivity index (χ0v) is 8.81. The van der Waals surface area contributed by atoms with Crippen LogP contribution in [0.15, 0.2) is 0 Å². The summed E-state index contributed by atoms with van der Waals surface area (Å²) in [5, 5.41) is 0.0744. The molecule has 0 aromatic carbocycles. The zero-order chi connectivity index (χ0) is 11.0. The molecule has 0 aromatic heterocycles. The van der Waals surface area contributed by atoms with Crippen LogP contribution in [0.1, 0.15) is 26.7 Å². The van der Waals surface area contributed by atoms with E-state index in [1.807, 2.05) is 13.8 Å². The van der Waals surface area contributed by atoms with Gasteiger partial charge >= 0.3 is 5.09 Å². The van der Waals surface area contributed by atoms with E-state index in [1.54, 1.807) is 0 Å². The van der Waals surface area contributed by atoms with Crippen LogP contribution in [0.25, 0.3) is 0 Å². The van der Waals surface area contributed by atoms with Crippen molar-refractivity contribution in [1.82, 2.24) is 0 Å². The summed E-state index contributed by atoms with van der Waals surface area (Å²) in [6.07, 6.45) is 1.50. The van der Waals surface area contributed by atoms with Gasteiger partial charge in [-0.2, -0.15) is 9.68 Å². The summed E-state index contributed by atoms with van der Waals surface area (Å²) in [7, 11) is 0. The maximum absolute atomic E-state index is 10.8. The molecule has 0 radical (unpaired) electrons. The highest BCUT2D eigenvalue weighted by Crippen LogP contribution is 1.92. The van der Waals surface area contributed by atoms with Crippen LogP contribution in [0.5, 0.6) is 0 Å². The molecule has 0 spiro atoms. The fourth-order valence-electron chi connectivity index (χ4n) is 0.586. The number of hydrogen-bond donors (Lipinski definition) is 2. The molecule has 2 atom stereocenters. The lowest BCUT2D eigenvalue weighted by Crippen LogP contribution is -2.31. The van der Waals surface area contributed by atoms with Crippen molar-refractivity contribution < 1.29 is 14.8 Å². The van der Waals surface area contributed by atoms with Gasteiger partial charge in [0.2, 0.25) is 0 Å². The third-order valence-electron chi connectivity index (χ3n) is 1.84. The van der Waals surface area contributed by atoms with Crippen molar-refractivity contribution in [2.45, 2.75) is 38.8 Å². The van der Waals surface area contributed by atoms with E-state index in [0.29, 0.717) is 0 Å². The summed E-state index contributed by atoms with van der Waals surface area (Å²) in [6.45, 7) is 4.14. The number of rotatable bonds is 8. The minimum atomic E-state index is -0.144. The molecule has 0 aliphatic carbocycles. The summed E-state index contributed by atoms with van der Waals surface area (Å²) in [6, 6.07) is -0.287. The van der Waals surface area contributed by atoms with E-state index in [2.05, 4.69) is 9.68 Å². The third kappa shape index (κ3) is 6.62. The molecular weight excluding hydrogens is 186 g/mol. The normalized spacial score (nSPS) is 14.6. The van der Waals surface area contributed by atoms with E-state index in [-0.39, 0.29) is 30.4 Å². The van der Waals surface area contributed by atoms with Crippen LogP contribution in [0.2, 0.25) is 0 Å². The van der Waals surface area contributed by atoms with Gasteiger partial charge < -0.3 is 11.5 Å². The SMILES string of the molecule is CCC(N)CO[N+](=O)OCC(N)CC. The van der Waals surface area contributed by atoms with Crippen molar-refractivity contribution in [1.29, 1.82) is 0 Å². The second-order valence-corrected chi connectivity index (χ2v) is 3.15. The van der Waals surface area contributed by atoms with E-state index in [9.17, 15) is 4.91 Å². The predicted octanol–water partition coefficient (Wildman–Crippen LogP) is 0.103. The zero-order valence-electron chi connectivity index (χ0n) is 8.81. The molecule has 0 saturated heterocycles. The van der Waals surface area contributed by atoms with Gasteiger partial charge in [-0.1, -0.05) is 13.8 Å². The minimum absolute atomic E-state index is 0.0744. The molecule has 0 rings (SSSR count). The first kappa shape index (κ1) is 13.1. The third-order valence-corrected chi connectivity index (χ3v) is 1.84. The Balaban J connectivity index is 3.46. The predicted molar refractivity (Wildman–Crippen MR) is 52.1 cm³/mol. The van der Waals surface area contributed by atoms with Crippen LogP contribution in [-0.2, 0) is 9.68 Å². The van der Waals surface area contributed by atoms with Crippen molar-refractivity contribution in [2.24, 2.45) is 11.5 Å². The highest BCUT2D eigenvalue weighted by Gasteiger charge is 2.16. The van der Waals surface area contributed by atoms with Gasteiger partial charge in [-0.15, -0.1) is 0 Å². The van der Waals surface area contributed by atoms with Crippen molar-refractivity contribution in [3.8, 4) is 0 Å². The van der Waals surface area contributed by atoms with Crippen molar-refractivity contribution in [2.75, 3.05) is 13.2 Å². The first-order chi connectivity index (χ1) is 6.60. The molecule has 0 aliphatic heterocycles. The Morgan fingerprint density at radius 1 is 1.07 bits per heavy atom. The molecule has 2 unspecified atom stereocenters. The molecule has 0 saturated carbocycles. The van der Waals surface area contributed by atoms with Gasteiger partial charge in [0.05, 0.1) is 0 Å². The Bertz CT molecular complexity index is 150. The summed E-state index contributed by atoms with van der Waals surface area (Å²) < 4.78 is 0. The van der Waals surface area contributed by atoms with Crippen LogP contribution in [-0.4, -0.2) is 30.4 Å². The van der Waals surface area contributed by atoms with E-state index >= 15 is 0 Å². The first-order valence-electron chi connectivity index (χ1n) is 4.84. The van der Waals surface area contributed by atoms with Crippen LogP contribution in [0.3, 0.4) is 0 Å². The van der Waals surface area contributed by atoms with Crippen LogP contribution in [0.4, 0.5) is 0 Å². The molecule has 0 fully saturated rings. The van der Waals surface area contributed by atoms with Gasteiger partial charge in [-0.05, 0) is 12.8 Å². The number of nitrogens with two attached hydrogens (primary N) is 2. The maximum atomic E-state index is 10.8. The molecule has 6 heteroatoms. The van der Waals surface area contributed by atoms with Crippen molar-refractivity contribution in [3.05, 3.63) is 4.91 Å². The van der Waals surface area contributed by atoms with Gasteiger partial charge in [0.1, 0.15) is 4.91 Å². The fraction of sp³-hybridized carbons (Fsp3) is 1.00. The van der Waals surface area contributed by atoms with Gasteiger partial charge in [0.15, 0.2) is 13.2 Å². The van der Waals surface area contributed by atoms with Crippen molar-refractivity contribution in [3.63, 3.8) is 0 Å². The average Bonchev–Trinajstić information content (AvgIpc) is 2.22. The lowest BCUT2D eigenvalue weighted by molar-refractivity contribution is -0.981. The maximum Gasteiger partial charge on any atom is 0.477 e. The quantitative estimate of drug-likeness (QED) is 0.550. The Labute approximate surface area is 84.0 Å². The first-order valence-corrected chi connectivity index (χ1v) is 4.84. The second-order valence-electron chi connectivity index (χ2n) is 3.15. The molecule has 4 N–H and O–H groups in total. The molecule has 0 aromatic rings. The van der Waals surface area contributed by atoms with E-state index < -0.39 is 0 Å². The highest BCUT2D eigenvalue weighted by atomic mass is 17.0. The highest BCUT2D eigenvalue weighted by molar-refractivity contribution is 4.53. The van der Waals surface area contributed by atoms with E-state index in [0.717, 1.165) is 12.8 Å². The molecule has 84 valence electrons. The fourth-order valence-corrected chi connectivity index (χ4v) is 0.586. The molecule has 0 heterocycles.